The maximum absolute atomic E-state index is 10.3. The van der Waals surface area contributed by atoms with Crippen LogP contribution in [-0.4, -0.2) is 29.1 Å². The molecule has 0 amide bonds. The summed E-state index contributed by atoms with van der Waals surface area (Å²) in [6, 6.07) is 11.6. The molecule has 0 radical (unpaired) electrons. The number of benzene rings is 1. The van der Waals surface area contributed by atoms with Gasteiger partial charge in [0.2, 0.25) is 0 Å². The lowest BCUT2D eigenvalue weighted by molar-refractivity contribution is 0.180. The predicted octanol–water partition coefficient (Wildman–Crippen LogP) is 3.54. The summed E-state index contributed by atoms with van der Waals surface area (Å²) in [7, 11) is 0. The van der Waals surface area contributed by atoms with E-state index in [1.807, 2.05) is 32.0 Å². The largest absolute Gasteiger partial charge is 0.459 e. The summed E-state index contributed by atoms with van der Waals surface area (Å²) in [5, 5.41) is 17.7. The Hall–Kier alpha value is -2.13. The van der Waals surface area contributed by atoms with Gasteiger partial charge in [0.1, 0.15) is 17.9 Å². The Kier molecular flexibility index (Phi) is 8.05. The molecule has 2 aromatic heterocycles. The van der Waals surface area contributed by atoms with E-state index < -0.39 is 6.10 Å². The number of aromatic nitrogens is 1. The zero-order valence-electron chi connectivity index (χ0n) is 15.5. The molecule has 6 nitrogen and oxygen atoms in total. The van der Waals surface area contributed by atoms with Crippen LogP contribution in [0.4, 0.5) is 0 Å². The van der Waals surface area contributed by atoms with E-state index in [0.717, 1.165) is 34.4 Å². The lowest BCUT2D eigenvalue weighted by Gasteiger charge is -2.15. The van der Waals surface area contributed by atoms with Crippen molar-refractivity contribution in [3.05, 3.63) is 65.7 Å². The number of aliphatic hydroxyl groups excluding tert-OH is 1. The van der Waals surface area contributed by atoms with Crippen molar-refractivity contribution in [1.82, 2.24) is 15.6 Å². The molecule has 3 rings (SSSR count). The normalized spacial score (nSPS) is 12.5. The van der Waals surface area contributed by atoms with Crippen molar-refractivity contribution in [3.63, 3.8) is 0 Å². The highest BCUT2D eigenvalue weighted by atomic mass is 127. The quantitative estimate of drug-likeness (QED) is 0.286. The SMILES string of the molecule is CCNC(=NCc1oc2ccccc2c1C)NCC(O)c1ccncc1.I. The van der Waals surface area contributed by atoms with Crippen molar-refractivity contribution in [1.29, 1.82) is 0 Å². The number of pyridine rings is 1. The molecule has 144 valence electrons. The highest BCUT2D eigenvalue weighted by molar-refractivity contribution is 14.0. The molecular weight excluding hydrogens is 455 g/mol. The highest BCUT2D eigenvalue weighted by Gasteiger charge is 2.11. The van der Waals surface area contributed by atoms with Gasteiger partial charge in [-0.15, -0.1) is 24.0 Å². The fourth-order valence-corrected chi connectivity index (χ4v) is 2.77. The Labute approximate surface area is 176 Å². The average Bonchev–Trinajstić information content (AvgIpc) is 3.00. The smallest absolute Gasteiger partial charge is 0.191 e. The van der Waals surface area contributed by atoms with Gasteiger partial charge >= 0.3 is 0 Å². The first-order valence-electron chi connectivity index (χ1n) is 8.76. The number of aliphatic imine (C=N–C) groups is 1. The van der Waals surface area contributed by atoms with Crippen LogP contribution >= 0.6 is 24.0 Å². The lowest BCUT2D eigenvalue weighted by Crippen LogP contribution is -2.39. The van der Waals surface area contributed by atoms with E-state index >= 15 is 0 Å². The summed E-state index contributed by atoms with van der Waals surface area (Å²) >= 11 is 0. The minimum atomic E-state index is -0.630. The number of fused-ring (bicyclic) bond motifs is 1. The topological polar surface area (TPSA) is 82.7 Å². The average molecular weight is 480 g/mol. The number of nitrogens with zero attached hydrogens (tertiary/aromatic N) is 2. The fourth-order valence-electron chi connectivity index (χ4n) is 2.77. The number of furan rings is 1. The number of hydrogen-bond donors (Lipinski definition) is 3. The monoisotopic (exact) mass is 480 g/mol. The molecule has 1 aromatic carbocycles. The molecule has 1 unspecified atom stereocenters. The summed E-state index contributed by atoms with van der Waals surface area (Å²) in [5.74, 6) is 1.48. The van der Waals surface area contributed by atoms with E-state index in [1.54, 1.807) is 24.5 Å². The van der Waals surface area contributed by atoms with E-state index in [1.165, 1.54) is 0 Å². The number of nitrogens with one attached hydrogen (secondary N) is 2. The van der Waals surface area contributed by atoms with Crippen molar-refractivity contribution in [2.45, 2.75) is 26.5 Å². The summed E-state index contributed by atoms with van der Waals surface area (Å²) in [4.78, 5) is 8.55. The molecule has 0 fully saturated rings. The van der Waals surface area contributed by atoms with Gasteiger partial charge in [-0.05, 0) is 37.6 Å². The van der Waals surface area contributed by atoms with Crippen molar-refractivity contribution in [2.75, 3.05) is 13.1 Å². The van der Waals surface area contributed by atoms with Crippen molar-refractivity contribution < 1.29 is 9.52 Å². The third-order valence-electron chi connectivity index (χ3n) is 4.22. The van der Waals surface area contributed by atoms with Crippen LogP contribution < -0.4 is 10.6 Å². The third kappa shape index (κ3) is 5.43. The maximum atomic E-state index is 10.3. The third-order valence-corrected chi connectivity index (χ3v) is 4.22. The number of hydrogen-bond acceptors (Lipinski definition) is 4. The highest BCUT2D eigenvalue weighted by Crippen LogP contribution is 2.25. The zero-order chi connectivity index (χ0) is 18.4. The Balaban J connectivity index is 0.00000261. The molecule has 3 N–H and O–H groups in total. The number of aryl methyl sites for hydroxylation is 1. The van der Waals surface area contributed by atoms with Crippen LogP contribution in [0.3, 0.4) is 0 Å². The van der Waals surface area contributed by atoms with Crippen LogP contribution in [0.25, 0.3) is 11.0 Å². The van der Waals surface area contributed by atoms with E-state index in [9.17, 15) is 5.11 Å². The van der Waals surface area contributed by atoms with Crippen LogP contribution in [0, 0.1) is 6.92 Å². The van der Waals surface area contributed by atoms with Crippen LogP contribution in [0.15, 0.2) is 58.2 Å². The first-order valence-corrected chi connectivity index (χ1v) is 8.76. The number of aliphatic hydroxyl groups is 1. The van der Waals surface area contributed by atoms with Crippen LogP contribution in [0.2, 0.25) is 0 Å². The standard InChI is InChI=1S/C20H24N4O2.HI/c1-3-22-20(23-12-17(25)15-8-10-21-11-9-15)24-13-19-14(2)16-6-4-5-7-18(16)26-19;/h4-11,17,25H,3,12-13H2,1-2H3,(H2,22,23,24);1H. The minimum Gasteiger partial charge on any atom is -0.459 e. The van der Waals surface area contributed by atoms with E-state index in [2.05, 4.69) is 26.7 Å². The molecule has 7 heteroatoms. The molecule has 1 atom stereocenters. The van der Waals surface area contributed by atoms with E-state index in [0.29, 0.717) is 19.0 Å². The zero-order valence-corrected chi connectivity index (χ0v) is 17.8. The van der Waals surface area contributed by atoms with Crippen molar-refractivity contribution in [3.8, 4) is 0 Å². The van der Waals surface area contributed by atoms with Crippen molar-refractivity contribution >= 4 is 40.9 Å². The van der Waals surface area contributed by atoms with Gasteiger partial charge in [0.25, 0.3) is 0 Å². The van der Waals surface area contributed by atoms with Gasteiger partial charge in [-0.1, -0.05) is 18.2 Å². The molecule has 0 saturated carbocycles. The first-order chi connectivity index (χ1) is 12.7. The fraction of sp³-hybridized carbons (Fsp3) is 0.300. The Morgan fingerprint density at radius 3 is 2.63 bits per heavy atom. The number of rotatable bonds is 6. The van der Waals surface area contributed by atoms with Gasteiger partial charge < -0.3 is 20.2 Å². The second-order valence-corrected chi connectivity index (χ2v) is 6.02. The number of para-hydroxylation sites is 1. The Morgan fingerprint density at radius 2 is 1.93 bits per heavy atom. The number of halogens is 1. The molecule has 27 heavy (non-hydrogen) atoms. The molecule has 0 bridgehead atoms. The second-order valence-electron chi connectivity index (χ2n) is 6.02. The van der Waals surface area contributed by atoms with E-state index in [4.69, 9.17) is 4.42 Å². The van der Waals surface area contributed by atoms with Gasteiger partial charge in [0.15, 0.2) is 5.96 Å². The van der Waals surface area contributed by atoms with Gasteiger partial charge in [-0.2, -0.15) is 0 Å². The molecule has 0 aliphatic carbocycles. The minimum absolute atomic E-state index is 0. The molecule has 0 aliphatic rings. The second kappa shape index (κ2) is 10.3. The molecule has 0 saturated heterocycles. The molecule has 2 heterocycles. The van der Waals surface area contributed by atoms with Gasteiger partial charge in [0, 0.05) is 36.4 Å². The van der Waals surface area contributed by atoms with E-state index in [-0.39, 0.29) is 24.0 Å². The van der Waals surface area contributed by atoms with Crippen LogP contribution in [0.5, 0.6) is 0 Å². The van der Waals surface area contributed by atoms with Crippen LogP contribution in [0.1, 0.15) is 29.9 Å². The molecule has 0 spiro atoms. The Bertz CT molecular complexity index is 880. The maximum Gasteiger partial charge on any atom is 0.191 e. The van der Waals surface area contributed by atoms with Crippen molar-refractivity contribution in [2.24, 2.45) is 4.99 Å². The predicted molar refractivity (Wildman–Crippen MR) is 118 cm³/mol. The molecular formula is C20H25IN4O2. The van der Waals surface area contributed by atoms with Gasteiger partial charge in [-0.3, -0.25) is 4.98 Å². The summed E-state index contributed by atoms with van der Waals surface area (Å²) < 4.78 is 5.90. The van der Waals surface area contributed by atoms with Crippen LogP contribution in [-0.2, 0) is 6.54 Å². The molecule has 0 aliphatic heterocycles. The summed E-state index contributed by atoms with van der Waals surface area (Å²) in [5.41, 5.74) is 2.80. The number of guanidine groups is 1. The summed E-state index contributed by atoms with van der Waals surface area (Å²) in [6.45, 7) is 5.57. The van der Waals surface area contributed by atoms with Gasteiger partial charge in [-0.25, -0.2) is 4.99 Å². The summed E-state index contributed by atoms with van der Waals surface area (Å²) in [6.07, 6.45) is 2.71. The Morgan fingerprint density at radius 1 is 1.19 bits per heavy atom. The first kappa shape index (κ1) is 21.2. The van der Waals surface area contributed by atoms with Gasteiger partial charge in [0.05, 0.1) is 6.10 Å². The molecule has 3 aromatic rings. The lowest BCUT2D eigenvalue weighted by atomic mass is 10.1.